The number of benzene rings is 2. The smallest absolute Gasteiger partial charge is 0.256 e. The Kier molecular flexibility index (Phi) is 9.75. The largest absolute Gasteiger partial charge is 0.352 e. The van der Waals surface area contributed by atoms with Crippen molar-refractivity contribution >= 4 is 11.8 Å². The number of nitrogens with zero attached hydrogens (tertiary/aromatic N) is 3. The summed E-state index contributed by atoms with van der Waals surface area (Å²) in [4.78, 5) is 35.7. The van der Waals surface area contributed by atoms with E-state index >= 15 is 0 Å². The summed E-state index contributed by atoms with van der Waals surface area (Å²) in [5.41, 5.74) is 8.84. The van der Waals surface area contributed by atoms with Crippen molar-refractivity contribution in [1.82, 2.24) is 20.1 Å². The minimum atomic E-state index is -0.593. The zero-order valence-corrected chi connectivity index (χ0v) is 23.5. The van der Waals surface area contributed by atoms with Crippen LogP contribution in [0.15, 0.2) is 79.1 Å². The predicted octanol–water partition coefficient (Wildman–Crippen LogP) is 4.32. The van der Waals surface area contributed by atoms with Crippen LogP contribution in [0.4, 0.5) is 4.39 Å². The average molecular weight is 558 g/mol. The fourth-order valence-electron chi connectivity index (χ4n) is 6.12. The van der Waals surface area contributed by atoms with Gasteiger partial charge >= 0.3 is 0 Å². The highest BCUT2D eigenvalue weighted by molar-refractivity contribution is 5.97. The first-order valence-electron chi connectivity index (χ1n) is 14.8. The van der Waals surface area contributed by atoms with Gasteiger partial charge in [-0.2, -0.15) is 0 Å². The standard InChI is InChI=1S/C33H40FN5O2/c34-27-10-8-25(9-11-27)23-38(19-16-24-5-2-1-3-6-24)30-17-20-39(33(41)26-7-4-18-36-22-26)31(21-30)32(40)37-29-14-12-28(35)13-15-29/h1-11,18,22,28-31H,12-17,19-21,23,35H2,(H,37,40)/t28?,29?,30?,31-/m1/s1. The Bertz CT molecular complexity index is 1270. The van der Waals surface area contributed by atoms with Crippen molar-refractivity contribution in [2.24, 2.45) is 5.73 Å². The van der Waals surface area contributed by atoms with Crippen LogP contribution in [0.5, 0.6) is 0 Å². The summed E-state index contributed by atoms with van der Waals surface area (Å²) < 4.78 is 13.7. The first kappa shape index (κ1) is 28.9. The molecule has 1 aliphatic heterocycles. The lowest BCUT2D eigenvalue weighted by Crippen LogP contribution is -2.58. The number of carbonyl (C=O) groups excluding carboxylic acids is 2. The number of pyridine rings is 1. The lowest BCUT2D eigenvalue weighted by Gasteiger charge is -2.43. The number of likely N-dealkylation sites (tertiary alicyclic amines) is 1. The lowest BCUT2D eigenvalue weighted by atomic mass is 9.90. The third-order valence-corrected chi connectivity index (χ3v) is 8.51. The van der Waals surface area contributed by atoms with E-state index in [2.05, 4.69) is 27.3 Å². The number of amides is 2. The van der Waals surface area contributed by atoms with E-state index < -0.39 is 6.04 Å². The van der Waals surface area contributed by atoms with E-state index in [0.717, 1.165) is 50.6 Å². The van der Waals surface area contributed by atoms with Crippen LogP contribution in [0.1, 0.15) is 60.0 Å². The number of hydrogen-bond donors (Lipinski definition) is 2. The van der Waals surface area contributed by atoms with Crippen molar-refractivity contribution in [2.45, 2.75) is 75.7 Å². The Morgan fingerprint density at radius 1 is 0.951 bits per heavy atom. The Morgan fingerprint density at radius 3 is 2.41 bits per heavy atom. The molecule has 0 spiro atoms. The quantitative estimate of drug-likeness (QED) is 0.409. The van der Waals surface area contributed by atoms with Gasteiger partial charge in [-0.15, -0.1) is 0 Å². The second kappa shape index (κ2) is 13.8. The van der Waals surface area contributed by atoms with Crippen molar-refractivity contribution in [2.75, 3.05) is 13.1 Å². The minimum absolute atomic E-state index is 0.0754. The highest BCUT2D eigenvalue weighted by atomic mass is 19.1. The van der Waals surface area contributed by atoms with Gasteiger partial charge in [0.25, 0.3) is 5.91 Å². The van der Waals surface area contributed by atoms with E-state index in [9.17, 15) is 14.0 Å². The van der Waals surface area contributed by atoms with Crippen molar-refractivity contribution in [3.63, 3.8) is 0 Å². The molecule has 3 N–H and O–H groups in total. The minimum Gasteiger partial charge on any atom is -0.352 e. The summed E-state index contributed by atoms with van der Waals surface area (Å²) in [6.07, 6.45) is 8.82. The molecule has 2 atom stereocenters. The third-order valence-electron chi connectivity index (χ3n) is 8.51. The predicted molar refractivity (Wildman–Crippen MR) is 157 cm³/mol. The van der Waals surface area contributed by atoms with Gasteiger partial charge in [0.1, 0.15) is 11.9 Å². The molecule has 2 heterocycles. The molecule has 1 saturated carbocycles. The molecule has 8 heteroatoms. The van der Waals surface area contributed by atoms with Crippen LogP contribution in [-0.4, -0.2) is 63.9 Å². The average Bonchev–Trinajstić information content (AvgIpc) is 3.01. The van der Waals surface area contributed by atoms with Crippen molar-refractivity contribution < 1.29 is 14.0 Å². The Morgan fingerprint density at radius 2 is 1.71 bits per heavy atom. The normalized spacial score (nSPS) is 22.9. The second-order valence-corrected chi connectivity index (χ2v) is 11.4. The Labute approximate surface area is 241 Å². The molecule has 3 aromatic rings. The molecule has 7 nitrogen and oxygen atoms in total. The van der Waals surface area contributed by atoms with E-state index in [4.69, 9.17) is 5.73 Å². The van der Waals surface area contributed by atoms with Gasteiger partial charge in [-0.3, -0.25) is 19.5 Å². The number of piperidine rings is 1. The molecule has 0 radical (unpaired) electrons. The Balaban J connectivity index is 1.36. The molecule has 5 rings (SSSR count). The van der Waals surface area contributed by atoms with E-state index in [1.807, 2.05) is 30.3 Å². The van der Waals surface area contributed by atoms with Crippen LogP contribution in [0.25, 0.3) is 0 Å². The molecule has 1 aromatic heterocycles. The van der Waals surface area contributed by atoms with Gasteiger partial charge in [0.05, 0.1) is 5.56 Å². The molecule has 1 saturated heterocycles. The maximum atomic E-state index is 13.8. The SMILES string of the molecule is NC1CCC(NC(=O)[C@H]2CC(N(CCc3ccccc3)Cc3ccc(F)cc3)CCN2C(=O)c2cccnc2)CC1. The van der Waals surface area contributed by atoms with Crippen LogP contribution >= 0.6 is 0 Å². The molecular formula is C33H40FN5O2. The monoisotopic (exact) mass is 557 g/mol. The second-order valence-electron chi connectivity index (χ2n) is 11.4. The summed E-state index contributed by atoms with van der Waals surface area (Å²) in [7, 11) is 0. The van der Waals surface area contributed by atoms with E-state index in [1.54, 1.807) is 29.4 Å². The molecule has 2 aliphatic rings. The third kappa shape index (κ3) is 7.77. The molecule has 1 unspecified atom stereocenters. The van der Waals surface area contributed by atoms with Crippen LogP contribution < -0.4 is 11.1 Å². The van der Waals surface area contributed by atoms with Crippen molar-refractivity contribution in [3.8, 4) is 0 Å². The van der Waals surface area contributed by atoms with E-state index in [-0.39, 0.29) is 35.8 Å². The molecular weight excluding hydrogens is 517 g/mol. The first-order valence-corrected chi connectivity index (χ1v) is 14.8. The molecule has 41 heavy (non-hydrogen) atoms. The maximum Gasteiger partial charge on any atom is 0.256 e. The number of halogens is 1. The van der Waals surface area contributed by atoms with Crippen molar-refractivity contribution in [3.05, 3.63) is 102 Å². The lowest BCUT2D eigenvalue weighted by molar-refractivity contribution is -0.128. The van der Waals surface area contributed by atoms with Crippen LogP contribution in [0, 0.1) is 5.82 Å². The highest BCUT2D eigenvalue weighted by Gasteiger charge is 2.39. The fraction of sp³-hybridized carbons (Fsp3) is 0.424. The van der Waals surface area contributed by atoms with Crippen molar-refractivity contribution in [1.29, 1.82) is 0 Å². The van der Waals surface area contributed by atoms with Crippen LogP contribution in [0.2, 0.25) is 0 Å². The van der Waals surface area contributed by atoms with Gasteiger partial charge in [-0.05, 0) is 80.3 Å². The molecule has 2 amide bonds. The molecule has 0 bridgehead atoms. The molecule has 216 valence electrons. The van der Waals surface area contributed by atoms with Gasteiger partial charge in [0.2, 0.25) is 5.91 Å². The number of hydrogen-bond acceptors (Lipinski definition) is 5. The summed E-state index contributed by atoms with van der Waals surface area (Å²) in [5.74, 6) is -0.527. The molecule has 2 aromatic carbocycles. The van der Waals surface area contributed by atoms with Crippen LogP contribution in [0.3, 0.4) is 0 Å². The summed E-state index contributed by atoms with van der Waals surface area (Å²) >= 11 is 0. The van der Waals surface area contributed by atoms with Gasteiger partial charge in [0.15, 0.2) is 0 Å². The first-order chi connectivity index (χ1) is 20.0. The van der Waals surface area contributed by atoms with Gasteiger partial charge in [-0.1, -0.05) is 42.5 Å². The Hall–Kier alpha value is -3.62. The number of carbonyl (C=O) groups is 2. The topological polar surface area (TPSA) is 91.6 Å². The maximum absolute atomic E-state index is 13.8. The van der Waals surface area contributed by atoms with Gasteiger partial charge in [-0.25, -0.2) is 4.39 Å². The van der Waals surface area contributed by atoms with Gasteiger partial charge in [0, 0.05) is 50.2 Å². The number of rotatable bonds is 9. The summed E-state index contributed by atoms with van der Waals surface area (Å²) in [5, 5.41) is 3.25. The number of aromatic nitrogens is 1. The zero-order valence-electron chi connectivity index (χ0n) is 23.5. The van der Waals surface area contributed by atoms with Crippen LogP contribution in [-0.2, 0) is 17.8 Å². The zero-order chi connectivity index (χ0) is 28.6. The van der Waals surface area contributed by atoms with E-state index in [1.165, 1.54) is 17.7 Å². The van der Waals surface area contributed by atoms with Gasteiger partial charge < -0.3 is 16.0 Å². The summed E-state index contributed by atoms with van der Waals surface area (Å²) in [6, 6.07) is 20.2. The fourth-order valence-corrected chi connectivity index (χ4v) is 6.12. The number of nitrogens with two attached hydrogens (primary N) is 1. The molecule has 2 fully saturated rings. The highest BCUT2D eigenvalue weighted by Crippen LogP contribution is 2.27. The molecule has 1 aliphatic carbocycles. The van der Waals surface area contributed by atoms with E-state index in [0.29, 0.717) is 25.1 Å². The summed E-state index contributed by atoms with van der Waals surface area (Å²) in [6.45, 7) is 1.90. The number of nitrogens with one attached hydrogen (secondary N) is 1.